The summed E-state index contributed by atoms with van der Waals surface area (Å²) in [5.41, 5.74) is 0.483. The van der Waals surface area contributed by atoms with Gasteiger partial charge in [-0.1, -0.05) is 0 Å². The summed E-state index contributed by atoms with van der Waals surface area (Å²) in [6, 6.07) is 3.71. The molecular formula is C12H18BrNO2. The Morgan fingerprint density at radius 3 is 2.81 bits per heavy atom. The van der Waals surface area contributed by atoms with Gasteiger partial charge in [0.05, 0.1) is 17.4 Å². The van der Waals surface area contributed by atoms with Crippen LogP contribution in [-0.4, -0.2) is 22.8 Å². The lowest BCUT2D eigenvalue weighted by atomic mass is 9.99. The van der Waals surface area contributed by atoms with E-state index in [2.05, 4.69) is 20.9 Å². The molecule has 0 amide bonds. The Morgan fingerprint density at radius 2 is 2.25 bits per heavy atom. The zero-order chi connectivity index (χ0) is 12.2. The fourth-order valence-electron chi connectivity index (χ4n) is 1.37. The number of aliphatic hydroxyl groups is 1. The number of halogens is 1. The molecule has 1 N–H and O–H groups in total. The first-order valence-electron chi connectivity index (χ1n) is 5.30. The summed E-state index contributed by atoms with van der Waals surface area (Å²) in [7, 11) is 1.68. The molecule has 0 aromatic carbocycles. The van der Waals surface area contributed by atoms with E-state index in [4.69, 9.17) is 4.74 Å². The van der Waals surface area contributed by atoms with Crippen LogP contribution in [0, 0.1) is 0 Å². The molecule has 4 heteroatoms. The summed E-state index contributed by atoms with van der Waals surface area (Å²) in [6.45, 7) is 4.01. The van der Waals surface area contributed by atoms with Crippen molar-refractivity contribution in [1.29, 1.82) is 0 Å². The van der Waals surface area contributed by atoms with Crippen LogP contribution in [0.15, 0.2) is 22.8 Å². The summed E-state index contributed by atoms with van der Waals surface area (Å²) in [5, 5.41) is 10.0. The van der Waals surface area contributed by atoms with Crippen LogP contribution in [0.1, 0.15) is 38.5 Å². The van der Waals surface area contributed by atoms with Crippen molar-refractivity contribution in [3.05, 3.63) is 28.5 Å². The molecule has 0 saturated carbocycles. The summed E-state index contributed by atoms with van der Waals surface area (Å²) in [6.07, 6.45) is 2.56. The largest absolute Gasteiger partial charge is 0.387 e. The molecule has 0 radical (unpaired) electrons. The first kappa shape index (κ1) is 13.6. The molecule has 0 aliphatic rings. The number of methoxy groups -OCH3 is 1. The molecule has 0 bridgehead atoms. The van der Waals surface area contributed by atoms with Gasteiger partial charge in [0, 0.05) is 17.8 Å². The van der Waals surface area contributed by atoms with Crippen molar-refractivity contribution in [2.75, 3.05) is 7.11 Å². The van der Waals surface area contributed by atoms with E-state index in [1.54, 1.807) is 13.3 Å². The van der Waals surface area contributed by atoms with E-state index in [-0.39, 0.29) is 5.60 Å². The minimum atomic E-state index is -0.551. The third-order valence-corrected chi connectivity index (χ3v) is 3.35. The Balaban J connectivity index is 2.60. The second-order valence-electron chi connectivity index (χ2n) is 4.39. The van der Waals surface area contributed by atoms with Gasteiger partial charge in [0.2, 0.25) is 0 Å². The van der Waals surface area contributed by atoms with Crippen molar-refractivity contribution < 1.29 is 9.84 Å². The predicted molar refractivity (Wildman–Crippen MR) is 67.2 cm³/mol. The lowest BCUT2D eigenvalue weighted by Crippen LogP contribution is -2.23. The van der Waals surface area contributed by atoms with Gasteiger partial charge in [0.1, 0.15) is 0 Å². The molecule has 0 spiro atoms. The smallest absolute Gasteiger partial charge is 0.0972 e. The molecule has 0 aliphatic carbocycles. The van der Waals surface area contributed by atoms with Gasteiger partial charge >= 0.3 is 0 Å². The Labute approximate surface area is 105 Å². The van der Waals surface area contributed by atoms with Crippen molar-refractivity contribution in [2.45, 2.75) is 38.4 Å². The molecule has 0 saturated heterocycles. The van der Waals surface area contributed by atoms with E-state index in [0.717, 1.165) is 10.9 Å². The van der Waals surface area contributed by atoms with Gasteiger partial charge in [-0.05, 0) is 54.8 Å². The van der Waals surface area contributed by atoms with E-state index < -0.39 is 6.10 Å². The molecule has 1 atom stereocenters. The quantitative estimate of drug-likeness (QED) is 0.905. The average molecular weight is 288 g/mol. The Morgan fingerprint density at radius 1 is 1.56 bits per heavy atom. The summed E-state index contributed by atoms with van der Waals surface area (Å²) >= 11 is 3.38. The normalized spacial score (nSPS) is 13.8. The van der Waals surface area contributed by atoms with Crippen LogP contribution in [0.3, 0.4) is 0 Å². The van der Waals surface area contributed by atoms with Gasteiger partial charge in [-0.15, -0.1) is 0 Å². The van der Waals surface area contributed by atoms with Gasteiger partial charge in [0.15, 0.2) is 0 Å². The number of aliphatic hydroxyl groups excluding tert-OH is 1. The van der Waals surface area contributed by atoms with Crippen LogP contribution in [-0.2, 0) is 4.74 Å². The third kappa shape index (κ3) is 3.85. The zero-order valence-corrected chi connectivity index (χ0v) is 11.5. The monoisotopic (exact) mass is 287 g/mol. The Hall–Kier alpha value is -0.450. The minimum absolute atomic E-state index is 0.206. The number of pyridine rings is 1. The molecule has 1 aromatic heterocycles. The minimum Gasteiger partial charge on any atom is -0.387 e. The summed E-state index contributed by atoms with van der Waals surface area (Å²) < 4.78 is 6.16. The van der Waals surface area contributed by atoms with Crippen molar-refractivity contribution in [3.63, 3.8) is 0 Å². The molecule has 90 valence electrons. The van der Waals surface area contributed by atoms with Crippen LogP contribution < -0.4 is 0 Å². The lowest BCUT2D eigenvalue weighted by molar-refractivity contribution is 0.00234. The fourth-order valence-corrected chi connectivity index (χ4v) is 1.89. The molecule has 1 heterocycles. The SMILES string of the molecule is COC(C)(C)CCC(O)c1ncccc1Br. The highest BCUT2D eigenvalue weighted by atomic mass is 79.9. The van der Waals surface area contributed by atoms with E-state index in [1.807, 2.05) is 26.0 Å². The number of hydrogen-bond acceptors (Lipinski definition) is 3. The van der Waals surface area contributed by atoms with Gasteiger partial charge < -0.3 is 9.84 Å². The van der Waals surface area contributed by atoms with Crippen molar-refractivity contribution in [2.24, 2.45) is 0 Å². The van der Waals surface area contributed by atoms with Crippen LogP contribution in [0.25, 0.3) is 0 Å². The highest BCUT2D eigenvalue weighted by molar-refractivity contribution is 9.10. The maximum atomic E-state index is 10.0. The summed E-state index contributed by atoms with van der Waals surface area (Å²) in [4.78, 5) is 4.17. The maximum Gasteiger partial charge on any atom is 0.0972 e. The second-order valence-corrected chi connectivity index (χ2v) is 5.24. The van der Waals surface area contributed by atoms with E-state index in [0.29, 0.717) is 12.1 Å². The van der Waals surface area contributed by atoms with Crippen LogP contribution in [0.4, 0.5) is 0 Å². The maximum absolute atomic E-state index is 10.0. The lowest BCUT2D eigenvalue weighted by Gasteiger charge is -2.24. The van der Waals surface area contributed by atoms with Crippen LogP contribution in [0.2, 0.25) is 0 Å². The zero-order valence-electron chi connectivity index (χ0n) is 9.90. The second kappa shape index (κ2) is 5.75. The Kier molecular flexibility index (Phi) is 4.89. The predicted octanol–water partition coefficient (Wildman–Crippen LogP) is 3.08. The molecule has 1 aromatic rings. The van der Waals surface area contributed by atoms with Crippen LogP contribution in [0.5, 0.6) is 0 Å². The van der Waals surface area contributed by atoms with Gasteiger partial charge in [-0.25, -0.2) is 0 Å². The number of rotatable bonds is 5. The van der Waals surface area contributed by atoms with E-state index >= 15 is 0 Å². The van der Waals surface area contributed by atoms with Crippen molar-refractivity contribution in [1.82, 2.24) is 4.98 Å². The summed E-state index contributed by atoms with van der Waals surface area (Å²) in [5.74, 6) is 0. The number of hydrogen-bond donors (Lipinski definition) is 1. The van der Waals surface area contributed by atoms with Gasteiger partial charge in [-0.2, -0.15) is 0 Å². The highest BCUT2D eigenvalue weighted by Crippen LogP contribution is 2.27. The number of ether oxygens (including phenoxy) is 1. The standard InChI is InChI=1S/C12H18BrNO2/c1-12(2,16-3)7-6-10(15)11-9(13)5-4-8-14-11/h4-5,8,10,15H,6-7H2,1-3H3. The Bertz CT molecular complexity index is 342. The fraction of sp³-hybridized carbons (Fsp3) is 0.583. The average Bonchev–Trinajstić information content (AvgIpc) is 2.27. The van der Waals surface area contributed by atoms with Crippen molar-refractivity contribution in [3.8, 4) is 0 Å². The molecule has 1 unspecified atom stereocenters. The molecular weight excluding hydrogens is 270 g/mol. The van der Waals surface area contributed by atoms with Crippen LogP contribution >= 0.6 is 15.9 Å². The van der Waals surface area contributed by atoms with E-state index in [1.165, 1.54) is 0 Å². The first-order valence-corrected chi connectivity index (χ1v) is 6.09. The third-order valence-electron chi connectivity index (χ3n) is 2.67. The molecule has 1 rings (SSSR count). The van der Waals surface area contributed by atoms with Crippen molar-refractivity contribution >= 4 is 15.9 Å². The first-order chi connectivity index (χ1) is 7.46. The van der Waals surface area contributed by atoms with Gasteiger partial charge in [-0.3, -0.25) is 4.98 Å². The molecule has 16 heavy (non-hydrogen) atoms. The topological polar surface area (TPSA) is 42.4 Å². The van der Waals surface area contributed by atoms with E-state index in [9.17, 15) is 5.11 Å². The number of aromatic nitrogens is 1. The number of nitrogens with zero attached hydrogens (tertiary/aromatic N) is 1. The molecule has 3 nitrogen and oxygen atoms in total. The molecule has 0 fully saturated rings. The highest BCUT2D eigenvalue weighted by Gasteiger charge is 2.20. The molecule has 0 aliphatic heterocycles. The van der Waals surface area contributed by atoms with Gasteiger partial charge in [0.25, 0.3) is 0 Å².